The van der Waals surface area contributed by atoms with Crippen LogP contribution in [-0.4, -0.2) is 9.97 Å². The smallest absolute Gasteiger partial charge is 0.172 e. The van der Waals surface area contributed by atoms with E-state index in [-0.39, 0.29) is 11.3 Å². The van der Waals surface area contributed by atoms with E-state index in [1.54, 1.807) is 29.5 Å². The van der Waals surface area contributed by atoms with Gasteiger partial charge in [-0.15, -0.1) is 11.3 Å². The molecule has 0 spiro atoms. The number of rotatable bonds is 3. The molecule has 0 aliphatic heterocycles. The molecule has 0 amide bonds. The average molecular weight is 322 g/mol. The van der Waals surface area contributed by atoms with E-state index in [9.17, 15) is 4.39 Å². The minimum absolute atomic E-state index is 0.277. The first-order valence-electron chi connectivity index (χ1n) is 6.46. The lowest BCUT2D eigenvalue weighted by Gasteiger charge is -2.09. The van der Waals surface area contributed by atoms with Crippen molar-refractivity contribution in [3.63, 3.8) is 0 Å². The summed E-state index contributed by atoms with van der Waals surface area (Å²) in [4.78, 5) is 9.64. The standard InChI is InChI=1S/C15H13ClFN3S/c1-8-13(20-9(2)21-8)7-19-12-4-3-10-11(16)5-6-18-15(10)14(12)17/h3-6,19H,7H2,1-2H3. The molecule has 3 nitrogen and oxygen atoms in total. The van der Waals surface area contributed by atoms with Gasteiger partial charge < -0.3 is 5.32 Å². The lowest BCUT2D eigenvalue weighted by Crippen LogP contribution is -2.03. The molecule has 0 aliphatic carbocycles. The summed E-state index contributed by atoms with van der Waals surface area (Å²) in [5.41, 5.74) is 1.62. The fourth-order valence-electron chi connectivity index (χ4n) is 2.20. The van der Waals surface area contributed by atoms with Gasteiger partial charge in [-0.1, -0.05) is 11.6 Å². The molecule has 2 aromatic heterocycles. The maximum Gasteiger partial charge on any atom is 0.172 e. The van der Waals surface area contributed by atoms with Crippen molar-refractivity contribution in [2.75, 3.05) is 5.32 Å². The molecule has 0 saturated carbocycles. The van der Waals surface area contributed by atoms with Gasteiger partial charge in [0, 0.05) is 16.5 Å². The van der Waals surface area contributed by atoms with E-state index in [2.05, 4.69) is 15.3 Å². The van der Waals surface area contributed by atoms with Gasteiger partial charge in [0.05, 0.1) is 28.0 Å². The zero-order valence-electron chi connectivity index (χ0n) is 11.6. The normalized spacial score (nSPS) is 11.0. The lowest BCUT2D eigenvalue weighted by atomic mass is 10.2. The summed E-state index contributed by atoms with van der Waals surface area (Å²) in [6.45, 7) is 4.46. The molecule has 0 radical (unpaired) electrons. The predicted molar refractivity (Wildman–Crippen MR) is 85.6 cm³/mol. The van der Waals surface area contributed by atoms with Crippen molar-refractivity contribution in [2.24, 2.45) is 0 Å². The van der Waals surface area contributed by atoms with Crippen molar-refractivity contribution < 1.29 is 4.39 Å². The van der Waals surface area contributed by atoms with E-state index in [1.165, 1.54) is 6.20 Å². The first-order chi connectivity index (χ1) is 10.1. The van der Waals surface area contributed by atoms with Gasteiger partial charge in [-0.2, -0.15) is 0 Å². The summed E-state index contributed by atoms with van der Waals surface area (Å²) in [6.07, 6.45) is 1.51. The Hall–Kier alpha value is -1.72. The number of nitrogens with zero attached hydrogens (tertiary/aromatic N) is 2. The molecular weight excluding hydrogens is 309 g/mol. The maximum atomic E-state index is 14.5. The molecule has 0 fully saturated rings. The Balaban J connectivity index is 1.91. The van der Waals surface area contributed by atoms with Crippen molar-refractivity contribution in [3.05, 3.63) is 50.8 Å². The Morgan fingerprint density at radius 2 is 2.10 bits per heavy atom. The number of nitrogens with one attached hydrogen (secondary N) is 1. The number of hydrogen-bond acceptors (Lipinski definition) is 4. The van der Waals surface area contributed by atoms with Gasteiger partial charge in [0.1, 0.15) is 5.52 Å². The highest BCUT2D eigenvalue weighted by atomic mass is 35.5. The van der Waals surface area contributed by atoms with Crippen LogP contribution in [0.3, 0.4) is 0 Å². The fraction of sp³-hybridized carbons (Fsp3) is 0.200. The van der Waals surface area contributed by atoms with Gasteiger partial charge in [0.2, 0.25) is 0 Å². The van der Waals surface area contributed by atoms with Crippen molar-refractivity contribution in [1.82, 2.24) is 9.97 Å². The maximum absolute atomic E-state index is 14.5. The van der Waals surface area contributed by atoms with Gasteiger partial charge >= 0.3 is 0 Å². The van der Waals surface area contributed by atoms with Gasteiger partial charge in [-0.05, 0) is 32.0 Å². The van der Waals surface area contributed by atoms with Crippen LogP contribution in [0.2, 0.25) is 5.02 Å². The summed E-state index contributed by atoms with van der Waals surface area (Å²) >= 11 is 7.68. The largest absolute Gasteiger partial charge is 0.377 e. The van der Waals surface area contributed by atoms with Crippen LogP contribution in [0.15, 0.2) is 24.4 Å². The number of fused-ring (bicyclic) bond motifs is 1. The number of halogens is 2. The number of aromatic nitrogens is 2. The van der Waals surface area contributed by atoms with Gasteiger partial charge in [0.25, 0.3) is 0 Å². The quantitative estimate of drug-likeness (QED) is 0.759. The van der Waals surface area contributed by atoms with E-state index in [4.69, 9.17) is 11.6 Å². The molecule has 3 rings (SSSR count). The molecule has 21 heavy (non-hydrogen) atoms. The highest BCUT2D eigenvalue weighted by Gasteiger charge is 2.11. The van der Waals surface area contributed by atoms with E-state index in [0.717, 1.165) is 15.6 Å². The summed E-state index contributed by atoms with van der Waals surface area (Å²) in [6, 6.07) is 5.10. The van der Waals surface area contributed by atoms with Crippen LogP contribution >= 0.6 is 22.9 Å². The molecular formula is C15H13ClFN3S. The third kappa shape index (κ3) is 2.71. The number of anilines is 1. The zero-order chi connectivity index (χ0) is 15.0. The molecule has 0 atom stereocenters. The Morgan fingerprint density at radius 3 is 2.81 bits per heavy atom. The van der Waals surface area contributed by atoms with E-state index in [1.807, 2.05) is 13.8 Å². The van der Waals surface area contributed by atoms with Crippen LogP contribution in [0.5, 0.6) is 0 Å². The third-order valence-electron chi connectivity index (χ3n) is 3.24. The minimum atomic E-state index is -0.389. The van der Waals surface area contributed by atoms with Crippen LogP contribution in [0.25, 0.3) is 10.9 Å². The van der Waals surface area contributed by atoms with Crippen LogP contribution in [-0.2, 0) is 6.54 Å². The molecule has 0 saturated heterocycles. The van der Waals surface area contributed by atoms with Gasteiger partial charge in [-0.3, -0.25) is 4.98 Å². The molecule has 108 valence electrons. The lowest BCUT2D eigenvalue weighted by molar-refractivity contribution is 0.639. The van der Waals surface area contributed by atoms with Crippen LogP contribution < -0.4 is 5.32 Å². The van der Waals surface area contributed by atoms with Crippen molar-refractivity contribution in [1.29, 1.82) is 0 Å². The van der Waals surface area contributed by atoms with Crippen molar-refractivity contribution in [3.8, 4) is 0 Å². The Labute approximate surface area is 130 Å². The molecule has 1 aromatic carbocycles. The molecule has 0 unspecified atom stereocenters. The van der Waals surface area contributed by atoms with Crippen molar-refractivity contribution >= 4 is 39.5 Å². The van der Waals surface area contributed by atoms with Crippen LogP contribution in [0, 0.1) is 19.7 Å². The molecule has 0 aliphatic rings. The van der Waals surface area contributed by atoms with Gasteiger partial charge in [0.15, 0.2) is 5.82 Å². The zero-order valence-corrected chi connectivity index (χ0v) is 13.1. The van der Waals surface area contributed by atoms with Crippen molar-refractivity contribution in [2.45, 2.75) is 20.4 Å². The summed E-state index contributed by atoms with van der Waals surface area (Å²) < 4.78 is 14.5. The predicted octanol–water partition coefficient (Wildman–Crippen LogP) is 4.71. The molecule has 6 heteroatoms. The highest BCUT2D eigenvalue weighted by Crippen LogP contribution is 2.28. The number of benzene rings is 1. The fourth-order valence-corrected chi connectivity index (χ4v) is 3.25. The van der Waals surface area contributed by atoms with Gasteiger partial charge in [-0.25, -0.2) is 9.37 Å². The Morgan fingerprint density at radius 1 is 1.29 bits per heavy atom. The SMILES string of the molecule is Cc1nc(CNc2ccc3c(Cl)ccnc3c2F)c(C)s1. The summed E-state index contributed by atoms with van der Waals surface area (Å²) in [7, 11) is 0. The molecule has 1 N–H and O–H groups in total. The average Bonchev–Trinajstić information content (AvgIpc) is 2.77. The first-order valence-corrected chi connectivity index (χ1v) is 7.65. The second kappa shape index (κ2) is 5.58. The molecule has 0 bridgehead atoms. The Kier molecular flexibility index (Phi) is 3.78. The topological polar surface area (TPSA) is 37.8 Å². The van der Waals surface area contributed by atoms with Crippen LogP contribution in [0.4, 0.5) is 10.1 Å². The highest BCUT2D eigenvalue weighted by molar-refractivity contribution is 7.11. The Bertz CT molecular complexity index is 816. The van der Waals surface area contributed by atoms with Crippen LogP contribution in [0.1, 0.15) is 15.6 Å². The minimum Gasteiger partial charge on any atom is -0.377 e. The second-order valence-electron chi connectivity index (χ2n) is 4.71. The van der Waals surface area contributed by atoms with E-state index >= 15 is 0 Å². The number of pyridine rings is 1. The molecule has 2 heterocycles. The number of hydrogen-bond donors (Lipinski definition) is 1. The number of aryl methyl sites for hydroxylation is 2. The number of thiazole rings is 1. The van der Waals surface area contributed by atoms with E-state index < -0.39 is 0 Å². The second-order valence-corrected chi connectivity index (χ2v) is 6.52. The summed E-state index contributed by atoms with van der Waals surface area (Å²) in [5.74, 6) is -0.389. The monoisotopic (exact) mass is 321 g/mol. The summed E-state index contributed by atoms with van der Waals surface area (Å²) in [5, 5.41) is 5.20. The first kappa shape index (κ1) is 14.2. The van der Waals surface area contributed by atoms with E-state index in [0.29, 0.717) is 22.6 Å². The molecule has 3 aromatic rings. The third-order valence-corrected chi connectivity index (χ3v) is 4.50.